The van der Waals surface area contributed by atoms with Crippen molar-refractivity contribution in [3.8, 4) is 0 Å². The van der Waals surface area contributed by atoms with Crippen LogP contribution in [0.15, 0.2) is 18.7 Å². The van der Waals surface area contributed by atoms with Gasteiger partial charge in [0.15, 0.2) is 0 Å². The molecule has 1 N–H and O–H groups in total. The third-order valence-electron chi connectivity index (χ3n) is 2.11. The van der Waals surface area contributed by atoms with Gasteiger partial charge < -0.3 is 14.6 Å². The van der Waals surface area contributed by atoms with Gasteiger partial charge in [0.05, 0.1) is 13.4 Å². The van der Waals surface area contributed by atoms with E-state index in [4.69, 9.17) is 11.6 Å². The van der Waals surface area contributed by atoms with Crippen molar-refractivity contribution in [3.05, 3.63) is 18.7 Å². The minimum absolute atomic E-state index is 0.399. The SMILES string of the molecule is COC(=O)C(Cl)CNCCCn1ccnc1. The van der Waals surface area contributed by atoms with Crippen LogP contribution in [0, 0.1) is 0 Å². The summed E-state index contributed by atoms with van der Waals surface area (Å²) in [5.41, 5.74) is 0. The molecular weight excluding hydrogens is 230 g/mol. The molecule has 0 saturated heterocycles. The van der Waals surface area contributed by atoms with Crippen LogP contribution in [0.2, 0.25) is 0 Å². The van der Waals surface area contributed by atoms with E-state index in [2.05, 4.69) is 15.0 Å². The summed E-state index contributed by atoms with van der Waals surface area (Å²) >= 11 is 5.76. The second-order valence-electron chi connectivity index (χ2n) is 3.35. The van der Waals surface area contributed by atoms with Crippen LogP contribution in [0.1, 0.15) is 6.42 Å². The quantitative estimate of drug-likeness (QED) is 0.435. The molecule has 0 amide bonds. The Morgan fingerprint density at radius 1 is 1.69 bits per heavy atom. The van der Waals surface area contributed by atoms with E-state index in [0.717, 1.165) is 19.5 Å². The number of nitrogens with one attached hydrogen (secondary N) is 1. The van der Waals surface area contributed by atoms with Crippen LogP contribution in [-0.4, -0.2) is 41.1 Å². The molecule has 16 heavy (non-hydrogen) atoms. The van der Waals surface area contributed by atoms with Crippen molar-refractivity contribution in [2.45, 2.75) is 18.3 Å². The maximum absolute atomic E-state index is 11.0. The van der Waals surface area contributed by atoms with Crippen molar-refractivity contribution in [3.63, 3.8) is 0 Å². The Morgan fingerprint density at radius 2 is 2.50 bits per heavy atom. The first-order valence-corrected chi connectivity index (χ1v) is 5.56. The summed E-state index contributed by atoms with van der Waals surface area (Å²) in [6.45, 7) is 2.13. The molecule has 1 rings (SSSR count). The highest BCUT2D eigenvalue weighted by molar-refractivity contribution is 6.30. The molecule has 1 heterocycles. The van der Waals surface area contributed by atoms with Crippen LogP contribution >= 0.6 is 11.6 Å². The largest absolute Gasteiger partial charge is 0.468 e. The Morgan fingerprint density at radius 3 is 3.12 bits per heavy atom. The summed E-state index contributed by atoms with van der Waals surface area (Å²) in [5, 5.41) is 2.48. The number of halogens is 1. The van der Waals surface area contributed by atoms with Crippen LogP contribution in [0.5, 0.6) is 0 Å². The lowest BCUT2D eigenvalue weighted by molar-refractivity contribution is -0.140. The number of ether oxygens (including phenoxy) is 1. The van der Waals surface area contributed by atoms with Gasteiger partial charge >= 0.3 is 5.97 Å². The van der Waals surface area contributed by atoms with Gasteiger partial charge in [-0.3, -0.25) is 4.79 Å². The fraction of sp³-hybridized carbons (Fsp3) is 0.600. The van der Waals surface area contributed by atoms with E-state index in [0.29, 0.717) is 6.54 Å². The fourth-order valence-corrected chi connectivity index (χ4v) is 1.44. The highest BCUT2D eigenvalue weighted by Crippen LogP contribution is 1.96. The van der Waals surface area contributed by atoms with Crippen molar-refractivity contribution in [1.29, 1.82) is 0 Å². The van der Waals surface area contributed by atoms with Crippen LogP contribution in [0.25, 0.3) is 0 Å². The normalized spacial score (nSPS) is 12.4. The van der Waals surface area contributed by atoms with Gasteiger partial charge in [0.2, 0.25) is 0 Å². The molecule has 0 aliphatic rings. The van der Waals surface area contributed by atoms with Gasteiger partial charge in [0, 0.05) is 25.5 Å². The molecule has 90 valence electrons. The summed E-state index contributed by atoms with van der Waals surface area (Å²) < 4.78 is 6.50. The zero-order valence-electron chi connectivity index (χ0n) is 9.23. The van der Waals surface area contributed by atoms with Crippen LogP contribution < -0.4 is 5.32 Å². The molecule has 1 unspecified atom stereocenters. The molecule has 0 fully saturated rings. The minimum Gasteiger partial charge on any atom is -0.468 e. The lowest BCUT2D eigenvalue weighted by Crippen LogP contribution is -2.30. The molecule has 0 aliphatic heterocycles. The minimum atomic E-state index is -0.613. The Labute approximate surface area is 99.8 Å². The van der Waals surface area contributed by atoms with Crippen LogP contribution in [0.3, 0.4) is 0 Å². The second kappa shape index (κ2) is 7.24. The maximum Gasteiger partial charge on any atom is 0.325 e. The molecule has 5 nitrogen and oxygen atoms in total. The Kier molecular flexibility index (Phi) is 5.88. The number of imidazole rings is 1. The molecule has 1 atom stereocenters. The summed E-state index contributed by atoms with van der Waals surface area (Å²) in [6.07, 6.45) is 6.40. The monoisotopic (exact) mass is 245 g/mol. The average Bonchev–Trinajstić information content (AvgIpc) is 2.80. The number of alkyl halides is 1. The molecule has 1 aromatic heterocycles. The third-order valence-corrected chi connectivity index (χ3v) is 2.44. The Balaban J connectivity index is 2.02. The van der Waals surface area contributed by atoms with Gasteiger partial charge in [-0.25, -0.2) is 4.98 Å². The molecule has 0 spiro atoms. The first-order chi connectivity index (χ1) is 7.74. The van der Waals surface area contributed by atoms with E-state index >= 15 is 0 Å². The highest BCUT2D eigenvalue weighted by atomic mass is 35.5. The van der Waals surface area contributed by atoms with Crippen molar-refractivity contribution >= 4 is 17.6 Å². The first-order valence-electron chi connectivity index (χ1n) is 5.12. The smallest absolute Gasteiger partial charge is 0.325 e. The van der Waals surface area contributed by atoms with Crippen molar-refractivity contribution in [2.24, 2.45) is 0 Å². The van der Waals surface area contributed by atoms with Gasteiger partial charge in [0.1, 0.15) is 5.38 Å². The van der Waals surface area contributed by atoms with E-state index in [-0.39, 0.29) is 0 Å². The summed E-state index contributed by atoms with van der Waals surface area (Å²) in [6, 6.07) is 0. The van der Waals surface area contributed by atoms with Crippen molar-refractivity contribution in [1.82, 2.24) is 14.9 Å². The maximum atomic E-state index is 11.0. The number of aromatic nitrogens is 2. The predicted molar refractivity (Wildman–Crippen MR) is 61.4 cm³/mol. The number of nitrogens with zero attached hydrogens (tertiary/aromatic N) is 2. The number of aryl methyl sites for hydroxylation is 1. The van der Waals surface area contributed by atoms with Gasteiger partial charge in [-0.05, 0) is 13.0 Å². The van der Waals surface area contributed by atoms with E-state index in [1.54, 1.807) is 12.5 Å². The molecule has 0 aliphatic carbocycles. The average molecular weight is 246 g/mol. The van der Waals surface area contributed by atoms with Crippen molar-refractivity contribution in [2.75, 3.05) is 20.2 Å². The Hall–Kier alpha value is -1.07. The zero-order chi connectivity index (χ0) is 11.8. The number of hydrogen-bond donors (Lipinski definition) is 1. The Bertz CT molecular complexity index is 303. The van der Waals surface area contributed by atoms with Gasteiger partial charge in [-0.2, -0.15) is 0 Å². The molecule has 1 aromatic rings. The van der Waals surface area contributed by atoms with E-state index in [1.807, 2.05) is 10.8 Å². The van der Waals surface area contributed by atoms with E-state index in [1.165, 1.54) is 7.11 Å². The second-order valence-corrected chi connectivity index (χ2v) is 3.88. The topological polar surface area (TPSA) is 56.1 Å². The molecule has 0 bridgehead atoms. The molecule has 0 saturated carbocycles. The predicted octanol–water partition coefficient (Wildman–Crippen LogP) is 0.643. The number of hydrogen-bond acceptors (Lipinski definition) is 4. The third kappa shape index (κ3) is 4.63. The van der Waals surface area contributed by atoms with Gasteiger partial charge in [0.25, 0.3) is 0 Å². The van der Waals surface area contributed by atoms with Gasteiger partial charge in [-0.1, -0.05) is 0 Å². The molecule has 0 radical (unpaired) electrons. The molecule has 6 heteroatoms. The lowest BCUT2D eigenvalue weighted by Gasteiger charge is -2.08. The molecule has 0 aromatic carbocycles. The lowest BCUT2D eigenvalue weighted by atomic mass is 10.3. The number of carbonyl (C=O) groups excluding carboxylic acids is 1. The van der Waals surface area contributed by atoms with Crippen LogP contribution in [0.4, 0.5) is 0 Å². The first kappa shape index (κ1) is 13.0. The van der Waals surface area contributed by atoms with Crippen molar-refractivity contribution < 1.29 is 9.53 Å². The van der Waals surface area contributed by atoms with E-state index < -0.39 is 11.3 Å². The zero-order valence-corrected chi connectivity index (χ0v) is 9.98. The number of methoxy groups -OCH3 is 1. The summed E-state index contributed by atoms with van der Waals surface area (Å²) in [4.78, 5) is 14.9. The highest BCUT2D eigenvalue weighted by Gasteiger charge is 2.14. The molecular formula is C10H16ClN3O2. The summed E-state index contributed by atoms with van der Waals surface area (Å²) in [7, 11) is 1.33. The van der Waals surface area contributed by atoms with Crippen LogP contribution in [-0.2, 0) is 16.1 Å². The number of esters is 1. The fourth-order valence-electron chi connectivity index (χ4n) is 1.25. The standard InChI is InChI=1S/C10H16ClN3O2/c1-16-10(15)9(11)7-12-3-2-5-14-6-4-13-8-14/h4,6,8-9,12H,2-3,5,7H2,1H3. The van der Waals surface area contributed by atoms with E-state index in [9.17, 15) is 4.79 Å². The number of carbonyl (C=O) groups is 1. The number of rotatable bonds is 7. The van der Waals surface area contributed by atoms with Gasteiger partial charge in [-0.15, -0.1) is 11.6 Å². The summed E-state index contributed by atoms with van der Waals surface area (Å²) in [5.74, 6) is -0.399.